The first-order valence-corrected chi connectivity index (χ1v) is 5.99. The molecule has 0 fully saturated rings. The van der Waals surface area contributed by atoms with E-state index < -0.39 is 0 Å². The van der Waals surface area contributed by atoms with Crippen LogP contribution in [0.1, 0.15) is 11.4 Å². The molecule has 1 atom stereocenters. The van der Waals surface area contributed by atoms with Crippen LogP contribution in [0.3, 0.4) is 0 Å². The van der Waals surface area contributed by atoms with Crippen LogP contribution in [-0.4, -0.2) is 15.6 Å². The molecule has 4 heteroatoms. The van der Waals surface area contributed by atoms with Crippen molar-refractivity contribution in [3.8, 4) is 0 Å². The van der Waals surface area contributed by atoms with Crippen LogP contribution in [0.15, 0.2) is 36.7 Å². The second-order valence-electron chi connectivity index (χ2n) is 4.25. The Morgan fingerprint density at radius 1 is 1.29 bits per heavy atom. The summed E-state index contributed by atoms with van der Waals surface area (Å²) in [7, 11) is 1.98. The molecule has 0 aliphatic rings. The molecule has 1 heterocycles. The largest absolute Gasteiger partial charge is 0.338 e. The Labute approximate surface area is 106 Å². The van der Waals surface area contributed by atoms with Crippen LogP contribution in [0.4, 0.5) is 0 Å². The van der Waals surface area contributed by atoms with Crippen molar-refractivity contribution in [3.63, 3.8) is 0 Å². The molecule has 0 bridgehead atoms. The van der Waals surface area contributed by atoms with Crippen molar-refractivity contribution in [1.29, 1.82) is 0 Å². The second kappa shape index (κ2) is 5.34. The third kappa shape index (κ3) is 3.32. The lowest BCUT2D eigenvalue weighted by Gasteiger charge is -2.11. The minimum Gasteiger partial charge on any atom is -0.338 e. The molecule has 0 saturated carbocycles. The first-order valence-electron chi connectivity index (χ1n) is 5.61. The van der Waals surface area contributed by atoms with Crippen LogP contribution in [0.5, 0.6) is 0 Å². The number of halogens is 1. The SMILES string of the molecule is Cn1ccnc1CC(N)Cc1ccc(Cl)cc1. The average Bonchev–Trinajstić information content (AvgIpc) is 2.68. The van der Waals surface area contributed by atoms with Gasteiger partial charge in [0, 0.05) is 36.9 Å². The maximum Gasteiger partial charge on any atom is 0.109 e. The molecule has 1 aromatic heterocycles. The molecule has 2 N–H and O–H groups in total. The van der Waals surface area contributed by atoms with Gasteiger partial charge in [-0.15, -0.1) is 0 Å². The Morgan fingerprint density at radius 2 is 2.00 bits per heavy atom. The fraction of sp³-hybridized carbons (Fsp3) is 0.308. The molecule has 90 valence electrons. The molecule has 0 aliphatic heterocycles. The summed E-state index contributed by atoms with van der Waals surface area (Å²) in [4.78, 5) is 4.27. The van der Waals surface area contributed by atoms with Gasteiger partial charge in [0.1, 0.15) is 5.82 Å². The van der Waals surface area contributed by atoms with Crippen LogP contribution in [0.2, 0.25) is 5.02 Å². The van der Waals surface area contributed by atoms with Crippen molar-refractivity contribution in [2.75, 3.05) is 0 Å². The van der Waals surface area contributed by atoms with Crippen molar-refractivity contribution >= 4 is 11.6 Å². The Kier molecular flexibility index (Phi) is 3.82. The fourth-order valence-electron chi connectivity index (χ4n) is 1.82. The molecule has 1 aromatic carbocycles. The van der Waals surface area contributed by atoms with Crippen LogP contribution in [0.25, 0.3) is 0 Å². The summed E-state index contributed by atoms with van der Waals surface area (Å²) in [6.07, 6.45) is 5.35. The highest BCUT2D eigenvalue weighted by Crippen LogP contribution is 2.11. The molecular formula is C13H16ClN3. The smallest absolute Gasteiger partial charge is 0.109 e. The quantitative estimate of drug-likeness (QED) is 0.903. The molecule has 0 aliphatic carbocycles. The van der Waals surface area contributed by atoms with Gasteiger partial charge in [0.25, 0.3) is 0 Å². The van der Waals surface area contributed by atoms with Gasteiger partial charge in [-0.1, -0.05) is 23.7 Å². The molecule has 0 saturated heterocycles. The van der Waals surface area contributed by atoms with Gasteiger partial charge < -0.3 is 10.3 Å². The lowest BCUT2D eigenvalue weighted by molar-refractivity contribution is 0.622. The zero-order valence-electron chi connectivity index (χ0n) is 9.81. The van der Waals surface area contributed by atoms with Gasteiger partial charge in [0.05, 0.1) is 0 Å². The summed E-state index contributed by atoms with van der Waals surface area (Å²) in [6.45, 7) is 0. The van der Waals surface area contributed by atoms with E-state index >= 15 is 0 Å². The zero-order chi connectivity index (χ0) is 12.3. The molecule has 0 spiro atoms. The monoisotopic (exact) mass is 249 g/mol. The molecule has 2 aromatic rings. The number of imidazole rings is 1. The second-order valence-corrected chi connectivity index (χ2v) is 4.69. The number of nitrogens with zero attached hydrogens (tertiary/aromatic N) is 2. The van der Waals surface area contributed by atoms with Crippen molar-refractivity contribution in [3.05, 3.63) is 53.1 Å². The number of hydrogen-bond acceptors (Lipinski definition) is 2. The minimum absolute atomic E-state index is 0.0808. The van der Waals surface area contributed by atoms with E-state index in [9.17, 15) is 0 Å². The van der Waals surface area contributed by atoms with Crippen LogP contribution < -0.4 is 5.73 Å². The number of aromatic nitrogens is 2. The maximum absolute atomic E-state index is 6.12. The van der Waals surface area contributed by atoms with E-state index in [4.69, 9.17) is 17.3 Å². The van der Waals surface area contributed by atoms with Crippen LogP contribution in [-0.2, 0) is 19.9 Å². The first kappa shape index (κ1) is 12.1. The molecule has 2 rings (SSSR count). The minimum atomic E-state index is 0.0808. The predicted octanol–water partition coefficient (Wildman–Crippen LogP) is 2.19. The highest BCUT2D eigenvalue weighted by atomic mass is 35.5. The summed E-state index contributed by atoms with van der Waals surface area (Å²) in [5.74, 6) is 1.02. The molecule has 17 heavy (non-hydrogen) atoms. The molecular weight excluding hydrogens is 234 g/mol. The Morgan fingerprint density at radius 3 is 2.59 bits per heavy atom. The van der Waals surface area contributed by atoms with E-state index in [2.05, 4.69) is 4.98 Å². The average molecular weight is 250 g/mol. The number of benzene rings is 1. The number of nitrogens with two attached hydrogens (primary N) is 1. The molecule has 0 amide bonds. The predicted molar refractivity (Wildman–Crippen MR) is 70.0 cm³/mol. The topological polar surface area (TPSA) is 43.8 Å². The standard InChI is InChI=1S/C13H16ClN3/c1-17-7-6-16-13(17)9-12(15)8-10-2-4-11(14)5-3-10/h2-7,12H,8-9,15H2,1H3. The zero-order valence-corrected chi connectivity index (χ0v) is 10.6. The normalized spacial score (nSPS) is 12.6. The van der Waals surface area contributed by atoms with E-state index in [1.165, 1.54) is 5.56 Å². The van der Waals surface area contributed by atoms with E-state index in [-0.39, 0.29) is 6.04 Å². The van der Waals surface area contributed by atoms with Gasteiger partial charge in [-0.2, -0.15) is 0 Å². The van der Waals surface area contributed by atoms with Gasteiger partial charge in [-0.05, 0) is 24.1 Å². The van der Waals surface area contributed by atoms with Crippen LogP contribution in [0, 0.1) is 0 Å². The molecule has 0 radical (unpaired) electrons. The Bertz CT molecular complexity index is 476. The summed E-state index contributed by atoms with van der Waals surface area (Å²) >= 11 is 5.84. The van der Waals surface area contributed by atoms with E-state index in [1.54, 1.807) is 6.20 Å². The van der Waals surface area contributed by atoms with Crippen molar-refractivity contribution in [2.45, 2.75) is 18.9 Å². The highest BCUT2D eigenvalue weighted by Gasteiger charge is 2.08. The van der Waals surface area contributed by atoms with Crippen LogP contribution >= 0.6 is 11.6 Å². The summed E-state index contributed by atoms with van der Waals surface area (Å²) in [5, 5.41) is 0.756. The third-order valence-corrected chi connectivity index (χ3v) is 3.03. The lowest BCUT2D eigenvalue weighted by atomic mass is 10.0. The highest BCUT2D eigenvalue weighted by molar-refractivity contribution is 6.30. The Balaban J connectivity index is 1.95. The van der Waals surface area contributed by atoms with Crippen molar-refractivity contribution in [1.82, 2.24) is 9.55 Å². The van der Waals surface area contributed by atoms with Gasteiger partial charge in [-0.25, -0.2) is 4.98 Å². The van der Waals surface area contributed by atoms with E-state index in [0.717, 1.165) is 23.7 Å². The van der Waals surface area contributed by atoms with E-state index in [1.807, 2.05) is 42.1 Å². The number of hydrogen-bond donors (Lipinski definition) is 1. The lowest BCUT2D eigenvalue weighted by Crippen LogP contribution is -2.26. The Hall–Kier alpha value is -1.32. The third-order valence-electron chi connectivity index (χ3n) is 2.78. The summed E-state index contributed by atoms with van der Waals surface area (Å²) < 4.78 is 2.00. The fourth-order valence-corrected chi connectivity index (χ4v) is 1.95. The van der Waals surface area contributed by atoms with E-state index in [0.29, 0.717) is 0 Å². The summed E-state index contributed by atoms with van der Waals surface area (Å²) in [5.41, 5.74) is 7.32. The number of rotatable bonds is 4. The van der Waals surface area contributed by atoms with Gasteiger partial charge >= 0.3 is 0 Å². The summed E-state index contributed by atoms with van der Waals surface area (Å²) in [6, 6.07) is 7.90. The van der Waals surface area contributed by atoms with Gasteiger partial charge in [-0.3, -0.25) is 0 Å². The maximum atomic E-state index is 6.12. The number of aryl methyl sites for hydroxylation is 1. The first-order chi connectivity index (χ1) is 8.15. The van der Waals surface area contributed by atoms with Gasteiger partial charge in [0.15, 0.2) is 0 Å². The molecule has 3 nitrogen and oxygen atoms in total. The van der Waals surface area contributed by atoms with Crippen molar-refractivity contribution in [2.24, 2.45) is 12.8 Å². The molecule has 1 unspecified atom stereocenters. The van der Waals surface area contributed by atoms with Crippen molar-refractivity contribution < 1.29 is 0 Å². The van der Waals surface area contributed by atoms with Gasteiger partial charge in [0.2, 0.25) is 0 Å².